The van der Waals surface area contributed by atoms with Crippen LogP contribution in [0.2, 0.25) is 0 Å². The summed E-state index contributed by atoms with van der Waals surface area (Å²) in [4.78, 5) is 23.6. The first-order chi connectivity index (χ1) is 9.68. The molecule has 1 amide bonds. The van der Waals surface area contributed by atoms with Gasteiger partial charge in [-0.15, -0.1) is 0 Å². The van der Waals surface area contributed by atoms with E-state index in [0.717, 1.165) is 0 Å². The molecule has 1 fully saturated rings. The highest BCUT2D eigenvalue weighted by Gasteiger charge is 2.49. The molecule has 0 aliphatic heterocycles. The fraction of sp³-hybridized carbons (Fsp3) is 0.857. The number of hydrogen-bond acceptors (Lipinski definition) is 2. The Kier molecular flexibility index (Phi) is 5.64. The molecule has 2 unspecified atom stereocenters. The molecule has 7 heteroatoms. The maximum Gasteiger partial charge on any atom is 0.392 e. The van der Waals surface area contributed by atoms with Crippen molar-refractivity contribution in [3.05, 3.63) is 0 Å². The van der Waals surface area contributed by atoms with Gasteiger partial charge in [-0.05, 0) is 25.7 Å². The second kappa shape index (κ2) is 6.66. The summed E-state index contributed by atoms with van der Waals surface area (Å²) < 4.78 is 39.0. The lowest BCUT2D eigenvalue weighted by molar-refractivity contribution is -0.198. The van der Waals surface area contributed by atoms with Crippen molar-refractivity contribution in [1.29, 1.82) is 0 Å². The Balaban J connectivity index is 2.92. The van der Waals surface area contributed by atoms with Gasteiger partial charge in [-0.3, -0.25) is 4.79 Å². The largest absolute Gasteiger partial charge is 0.480 e. The normalized spacial score (nSPS) is 23.7. The van der Waals surface area contributed by atoms with Gasteiger partial charge in [-0.2, -0.15) is 13.2 Å². The first-order valence-corrected chi connectivity index (χ1v) is 7.30. The van der Waals surface area contributed by atoms with Crippen LogP contribution in [-0.2, 0) is 9.59 Å². The number of nitrogens with one attached hydrogen (secondary N) is 1. The topological polar surface area (TPSA) is 66.4 Å². The molecule has 1 rings (SSSR count). The van der Waals surface area contributed by atoms with E-state index < -0.39 is 35.4 Å². The summed E-state index contributed by atoms with van der Waals surface area (Å²) >= 11 is 0. The van der Waals surface area contributed by atoms with Gasteiger partial charge in [0.1, 0.15) is 5.54 Å². The molecule has 1 aliphatic rings. The maximum absolute atomic E-state index is 13.0. The van der Waals surface area contributed by atoms with E-state index >= 15 is 0 Å². The number of carbonyl (C=O) groups excluding carboxylic acids is 1. The van der Waals surface area contributed by atoms with E-state index in [9.17, 15) is 27.9 Å². The van der Waals surface area contributed by atoms with Gasteiger partial charge in [0.05, 0.1) is 5.92 Å². The molecule has 0 bridgehead atoms. The average molecular weight is 309 g/mol. The molecule has 0 heterocycles. The fourth-order valence-corrected chi connectivity index (χ4v) is 2.95. The third-order valence-corrected chi connectivity index (χ3v) is 4.50. The highest BCUT2D eigenvalue weighted by Crippen LogP contribution is 2.41. The summed E-state index contributed by atoms with van der Waals surface area (Å²) in [5.41, 5.74) is -1.48. The van der Waals surface area contributed by atoms with Crippen LogP contribution >= 0.6 is 0 Å². The zero-order valence-electron chi connectivity index (χ0n) is 12.3. The molecule has 0 radical (unpaired) electrons. The van der Waals surface area contributed by atoms with Crippen LogP contribution in [0, 0.1) is 11.8 Å². The number of carboxylic acid groups (broad SMARTS) is 1. The number of carboxylic acids is 1. The first kappa shape index (κ1) is 17.8. The standard InChI is InChI=1S/C14H22F3NO3/c1-3-13(4-2,12(20)21)18-11(19)9-7-5-6-8-10(9)14(15,16)17/h9-10H,3-8H2,1-2H3,(H,18,19)(H,20,21). The van der Waals surface area contributed by atoms with Crippen molar-refractivity contribution in [2.75, 3.05) is 0 Å². The number of hydrogen-bond donors (Lipinski definition) is 2. The van der Waals surface area contributed by atoms with Crippen LogP contribution in [0.25, 0.3) is 0 Å². The molecule has 0 saturated heterocycles. The summed E-state index contributed by atoms with van der Waals surface area (Å²) in [6, 6.07) is 0. The van der Waals surface area contributed by atoms with E-state index in [1.54, 1.807) is 13.8 Å². The van der Waals surface area contributed by atoms with Crippen molar-refractivity contribution in [3.8, 4) is 0 Å². The third kappa shape index (κ3) is 3.89. The van der Waals surface area contributed by atoms with Crippen LogP contribution in [0.3, 0.4) is 0 Å². The number of amides is 1. The Hall–Kier alpha value is -1.27. The molecule has 2 N–H and O–H groups in total. The van der Waals surface area contributed by atoms with Crippen LogP contribution in [0.4, 0.5) is 13.2 Å². The predicted molar refractivity (Wildman–Crippen MR) is 70.6 cm³/mol. The minimum Gasteiger partial charge on any atom is -0.480 e. The minimum absolute atomic E-state index is 0.0695. The van der Waals surface area contributed by atoms with Gasteiger partial charge in [0.2, 0.25) is 5.91 Å². The molecule has 122 valence electrons. The number of halogens is 3. The molecule has 21 heavy (non-hydrogen) atoms. The molecular formula is C14H22F3NO3. The second-order valence-corrected chi connectivity index (χ2v) is 5.62. The van der Waals surface area contributed by atoms with Gasteiger partial charge in [-0.1, -0.05) is 26.7 Å². The Morgan fingerprint density at radius 2 is 1.67 bits per heavy atom. The fourth-order valence-electron chi connectivity index (χ4n) is 2.95. The Morgan fingerprint density at radius 3 is 2.10 bits per heavy atom. The lowest BCUT2D eigenvalue weighted by atomic mass is 9.77. The molecule has 4 nitrogen and oxygen atoms in total. The van der Waals surface area contributed by atoms with E-state index in [1.807, 2.05) is 0 Å². The van der Waals surface area contributed by atoms with Crippen LogP contribution in [-0.4, -0.2) is 28.7 Å². The second-order valence-electron chi connectivity index (χ2n) is 5.62. The molecule has 1 aliphatic carbocycles. The average Bonchev–Trinajstić information content (AvgIpc) is 2.43. The molecule has 0 aromatic heterocycles. The summed E-state index contributed by atoms with van der Waals surface area (Å²) in [5, 5.41) is 11.6. The van der Waals surface area contributed by atoms with Gasteiger partial charge in [0.25, 0.3) is 0 Å². The van der Waals surface area contributed by atoms with E-state index in [1.165, 1.54) is 0 Å². The van der Waals surface area contributed by atoms with Crippen molar-refractivity contribution in [1.82, 2.24) is 5.32 Å². The Labute approximate surface area is 122 Å². The van der Waals surface area contributed by atoms with Crippen LogP contribution < -0.4 is 5.32 Å². The lowest BCUT2D eigenvalue weighted by Gasteiger charge is -2.35. The molecule has 1 saturated carbocycles. The van der Waals surface area contributed by atoms with Crippen molar-refractivity contribution < 1.29 is 27.9 Å². The van der Waals surface area contributed by atoms with E-state index in [0.29, 0.717) is 12.8 Å². The number of alkyl halides is 3. The summed E-state index contributed by atoms with van der Waals surface area (Å²) in [5.74, 6) is -4.86. The zero-order valence-corrected chi connectivity index (χ0v) is 12.3. The molecule has 0 spiro atoms. The highest BCUT2D eigenvalue weighted by molar-refractivity contribution is 5.88. The monoisotopic (exact) mass is 309 g/mol. The Morgan fingerprint density at radius 1 is 1.14 bits per heavy atom. The van der Waals surface area contributed by atoms with Crippen molar-refractivity contribution >= 4 is 11.9 Å². The third-order valence-electron chi connectivity index (χ3n) is 4.50. The smallest absolute Gasteiger partial charge is 0.392 e. The highest BCUT2D eigenvalue weighted by atomic mass is 19.4. The Bertz CT molecular complexity index is 391. The van der Waals surface area contributed by atoms with Gasteiger partial charge >= 0.3 is 12.1 Å². The van der Waals surface area contributed by atoms with Gasteiger partial charge in [-0.25, -0.2) is 4.79 Å². The van der Waals surface area contributed by atoms with Crippen molar-refractivity contribution in [2.24, 2.45) is 11.8 Å². The molecule has 0 aromatic carbocycles. The molecule has 0 aromatic rings. The van der Waals surface area contributed by atoms with E-state index in [-0.39, 0.29) is 25.7 Å². The number of aliphatic carboxylic acids is 1. The van der Waals surface area contributed by atoms with Crippen LogP contribution in [0.5, 0.6) is 0 Å². The lowest BCUT2D eigenvalue weighted by Crippen LogP contribution is -2.56. The zero-order chi connectivity index (χ0) is 16.3. The van der Waals surface area contributed by atoms with Crippen molar-refractivity contribution in [3.63, 3.8) is 0 Å². The van der Waals surface area contributed by atoms with Gasteiger partial charge in [0, 0.05) is 5.92 Å². The van der Waals surface area contributed by atoms with Crippen molar-refractivity contribution in [2.45, 2.75) is 64.1 Å². The SMILES string of the molecule is CCC(CC)(NC(=O)C1CCCCC1C(F)(F)F)C(=O)O. The van der Waals surface area contributed by atoms with E-state index in [2.05, 4.69) is 5.32 Å². The minimum atomic E-state index is -4.42. The van der Waals surface area contributed by atoms with Crippen LogP contribution in [0.1, 0.15) is 52.4 Å². The first-order valence-electron chi connectivity index (χ1n) is 7.30. The molecular weight excluding hydrogens is 287 g/mol. The maximum atomic E-state index is 13.0. The summed E-state index contributed by atoms with van der Waals surface area (Å²) in [7, 11) is 0. The number of rotatable bonds is 5. The van der Waals surface area contributed by atoms with E-state index in [4.69, 9.17) is 0 Å². The summed E-state index contributed by atoms with van der Waals surface area (Å²) in [6.45, 7) is 3.19. The molecule has 2 atom stereocenters. The predicted octanol–water partition coefficient (Wildman–Crippen LogP) is 3.11. The number of carbonyl (C=O) groups is 2. The quantitative estimate of drug-likeness (QED) is 0.820. The van der Waals surface area contributed by atoms with Gasteiger partial charge in [0.15, 0.2) is 0 Å². The van der Waals surface area contributed by atoms with Gasteiger partial charge < -0.3 is 10.4 Å². The summed E-state index contributed by atoms with van der Waals surface area (Å²) in [6.07, 6.45) is -3.07. The van der Waals surface area contributed by atoms with Crippen LogP contribution in [0.15, 0.2) is 0 Å².